The van der Waals surface area contributed by atoms with Gasteiger partial charge in [0.25, 0.3) is 0 Å². The molecule has 0 nitrogen and oxygen atoms in total. The molecule has 0 saturated carbocycles. The second-order valence-corrected chi connectivity index (χ2v) is 9.78. The van der Waals surface area contributed by atoms with Gasteiger partial charge >= 0.3 is 0 Å². The lowest BCUT2D eigenvalue weighted by Crippen LogP contribution is -1.97. The van der Waals surface area contributed by atoms with Gasteiger partial charge in [-0.2, -0.15) is 0 Å². The standard InChI is InChI=1S/C33H27Br/c1-22-20-23(2)31(24(3)21-22)33-29(18-19-30(34)32(33)28-12-8-5-9-13-28)27-16-14-26(15-17-27)25-10-6-4-7-11-25/h4-21H,1-3H3. The number of aryl methyl sites for hydroxylation is 3. The molecule has 0 radical (unpaired) electrons. The molecule has 0 atom stereocenters. The maximum atomic E-state index is 3.89. The number of hydrogen-bond acceptors (Lipinski definition) is 0. The summed E-state index contributed by atoms with van der Waals surface area (Å²) in [6, 6.07) is 39.2. The summed E-state index contributed by atoms with van der Waals surface area (Å²) >= 11 is 3.89. The van der Waals surface area contributed by atoms with Crippen molar-refractivity contribution in [2.45, 2.75) is 20.8 Å². The van der Waals surface area contributed by atoms with Crippen molar-refractivity contribution in [3.8, 4) is 44.5 Å². The van der Waals surface area contributed by atoms with Crippen molar-refractivity contribution in [3.63, 3.8) is 0 Å². The molecule has 0 amide bonds. The van der Waals surface area contributed by atoms with Gasteiger partial charge in [0, 0.05) is 10.0 Å². The smallest absolute Gasteiger partial charge is 0.0260 e. The lowest BCUT2D eigenvalue weighted by atomic mass is 9.83. The fourth-order valence-electron chi connectivity index (χ4n) is 5.01. The monoisotopic (exact) mass is 502 g/mol. The second kappa shape index (κ2) is 9.44. The van der Waals surface area contributed by atoms with E-state index < -0.39 is 0 Å². The van der Waals surface area contributed by atoms with Gasteiger partial charge in [-0.25, -0.2) is 0 Å². The minimum absolute atomic E-state index is 1.11. The Hall–Kier alpha value is -3.42. The fourth-order valence-corrected chi connectivity index (χ4v) is 5.57. The molecule has 1 heteroatoms. The summed E-state index contributed by atoms with van der Waals surface area (Å²) in [4.78, 5) is 0. The maximum absolute atomic E-state index is 3.89. The van der Waals surface area contributed by atoms with E-state index in [0.29, 0.717) is 0 Å². The molecular formula is C33H27Br. The van der Waals surface area contributed by atoms with Crippen molar-refractivity contribution in [2.24, 2.45) is 0 Å². The van der Waals surface area contributed by atoms with Gasteiger partial charge in [0.2, 0.25) is 0 Å². The lowest BCUT2D eigenvalue weighted by molar-refractivity contribution is 1.32. The van der Waals surface area contributed by atoms with E-state index in [1.54, 1.807) is 0 Å². The average Bonchev–Trinajstić information content (AvgIpc) is 2.85. The van der Waals surface area contributed by atoms with Crippen molar-refractivity contribution in [1.29, 1.82) is 0 Å². The van der Waals surface area contributed by atoms with Crippen LogP contribution < -0.4 is 0 Å². The van der Waals surface area contributed by atoms with E-state index in [-0.39, 0.29) is 0 Å². The number of halogens is 1. The van der Waals surface area contributed by atoms with Gasteiger partial charge in [-0.05, 0) is 76.9 Å². The van der Waals surface area contributed by atoms with Crippen molar-refractivity contribution >= 4 is 15.9 Å². The first kappa shape index (κ1) is 22.4. The van der Waals surface area contributed by atoms with E-state index in [2.05, 4.69) is 146 Å². The lowest BCUT2D eigenvalue weighted by Gasteiger charge is -2.22. The molecule has 0 bridgehead atoms. The van der Waals surface area contributed by atoms with Gasteiger partial charge < -0.3 is 0 Å². The molecule has 166 valence electrons. The molecule has 5 rings (SSSR count). The Bertz CT molecular complexity index is 1420. The maximum Gasteiger partial charge on any atom is 0.0260 e. The van der Waals surface area contributed by atoms with E-state index in [1.165, 1.54) is 61.2 Å². The summed E-state index contributed by atoms with van der Waals surface area (Å²) in [5.74, 6) is 0. The quantitative estimate of drug-likeness (QED) is 0.229. The predicted octanol–water partition coefficient (Wildman–Crippen LogP) is 10.0. The van der Waals surface area contributed by atoms with Crippen LogP contribution in [0.5, 0.6) is 0 Å². The zero-order chi connectivity index (χ0) is 23.7. The van der Waals surface area contributed by atoms with Crippen LogP contribution in [0.3, 0.4) is 0 Å². The van der Waals surface area contributed by atoms with Crippen molar-refractivity contribution in [3.05, 3.63) is 130 Å². The average molecular weight is 503 g/mol. The summed E-state index contributed by atoms with van der Waals surface area (Å²) in [7, 11) is 0. The fraction of sp³-hybridized carbons (Fsp3) is 0.0909. The Morgan fingerprint density at radius 2 is 0.941 bits per heavy atom. The number of rotatable bonds is 4. The third kappa shape index (κ3) is 4.24. The van der Waals surface area contributed by atoms with Crippen molar-refractivity contribution in [1.82, 2.24) is 0 Å². The largest absolute Gasteiger partial charge is 0.0622 e. The summed E-state index contributed by atoms with van der Waals surface area (Å²) in [5.41, 5.74) is 13.9. The molecule has 0 aromatic heterocycles. The molecule has 0 saturated heterocycles. The summed E-state index contributed by atoms with van der Waals surface area (Å²) in [6.07, 6.45) is 0. The Morgan fingerprint density at radius 3 is 1.53 bits per heavy atom. The van der Waals surface area contributed by atoms with Gasteiger partial charge in [0.05, 0.1) is 0 Å². The van der Waals surface area contributed by atoms with Crippen LogP contribution >= 0.6 is 15.9 Å². The third-order valence-corrected chi connectivity index (χ3v) is 7.11. The van der Waals surface area contributed by atoms with E-state index in [1.807, 2.05) is 0 Å². The minimum Gasteiger partial charge on any atom is -0.0622 e. The highest BCUT2D eigenvalue weighted by molar-refractivity contribution is 9.10. The number of hydrogen-bond donors (Lipinski definition) is 0. The first-order valence-corrected chi connectivity index (χ1v) is 12.4. The highest BCUT2D eigenvalue weighted by atomic mass is 79.9. The van der Waals surface area contributed by atoms with Crippen molar-refractivity contribution < 1.29 is 0 Å². The Morgan fingerprint density at radius 1 is 0.441 bits per heavy atom. The van der Waals surface area contributed by atoms with E-state index in [0.717, 1.165) is 4.47 Å². The molecular weight excluding hydrogens is 476 g/mol. The molecule has 0 unspecified atom stereocenters. The highest BCUT2D eigenvalue weighted by Gasteiger charge is 2.20. The topological polar surface area (TPSA) is 0 Å². The second-order valence-electron chi connectivity index (χ2n) is 8.93. The molecule has 34 heavy (non-hydrogen) atoms. The Labute approximate surface area is 211 Å². The van der Waals surface area contributed by atoms with Gasteiger partial charge in [0.15, 0.2) is 0 Å². The predicted molar refractivity (Wildman–Crippen MR) is 150 cm³/mol. The highest BCUT2D eigenvalue weighted by Crippen LogP contribution is 2.46. The first-order chi connectivity index (χ1) is 16.5. The normalized spacial score (nSPS) is 10.9. The van der Waals surface area contributed by atoms with Crippen LogP contribution in [-0.4, -0.2) is 0 Å². The van der Waals surface area contributed by atoms with Crippen LogP contribution in [0.1, 0.15) is 16.7 Å². The van der Waals surface area contributed by atoms with Gasteiger partial charge in [-0.3, -0.25) is 0 Å². The Kier molecular flexibility index (Phi) is 6.22. The molecule has 0 heterocycles. The summed E-state index contributed by atoms with van der Waals surface area (Å²) < 4.78 is 1.11. The zero-order valence-electron chi connectivity index (χ0n) is 19.8. The van der Waals surface area contributed by atoms with Crippen LogP contribution in [0.4, 0.5) is 0 Å². The van der Waals surface area contributed by atoms with Crippen LogP contribution in [-0.2, 0) is 0 Å². The summed E-state index contributed by atoms with van der Waals surface area (Å²) in [6.45, 7) is 6.63. The molecule has 5 aromatic rings. The zero-order valence-corrected chi connectivity index (χ0v) is 21.4. The van der Waals surface area contributed by atoms with Crippen molar-refractivity contribution in [2.75, 3.05) is 0 Å². The van der Waals surface area contributed by atoms with Crippen LogP contribution in [0, 0.1) is 20.8 Å². The minimum atomic E-state index is 1.11. The van der Waals surface area contributed by atoms with Gasteiger partial charge in [-0.1, -0.05) is 125 Å². The molecule has 0 fully saturated rings. The van der Waals surface area contributed by atoms with E-state index in [9.17, 15) is 0 Å². The Balaban J connectivity index is 1.78. The molecule has 0 aliphatic heterocycles. The molecule has 0 N–H and O–H groups in total. The van der Waals surface area contributed by atoms with Gasteiger partial charge in [0.1, 0.15) is 0 Å². The van der Waals surface area contributed by atoms with Crippen LogP contribution in [0.15, 0.2) is 114 Å². The third-order valence-electron chi connectivity index (χ3n) is 6.45. The van der Waals surface area contributed by atoms with E-state index in [4.69, 9.17) is 0 Å². The SMILES string of the molecule is Cc1cc(C)c(-c2c(-c3ccc(-c4ccccc4)cc3)ccc(Br)c2-c2ccccc2)c(C)c1. The molecule has 0 aliphatic rings. The number of benzene rings is 5. The molecule has 0 aliphatic carbocycles. The van der Waals surface area contributed by atoms with Crippen LogP contribution in [0.2, 0.25) is 0 Å². The molecule has 0 spiro atoms. The summed E-state index contributed by atoms with van der Waals surface area (Å²) in [5, 5.41) is 0. The van der Waals surface area contributed by atoms with E-state index >= 15 is 0 Å². The van der Waals surface area contributed by atoms with Gasteiger partial charge in [-0.15, -0.1) is 0 Å². The van der Waals surface area contributed by atoms with Crippen LogP contribution in [0.25, 0.3) is 44.5 Å². The first-order valence-electron chi connectivity index (χ1n) is 11.6. The molecule has 5 aromatic carbocycles.